The van der Waals surface area contributed by atoms with Crippen LogP contribution in [-0.2, 0) is 9.53 Å². The number of amides is 1. The van der Waals surface area contributed by atoms with Gasteiger partial charge in [-0.2, -0.15) is 0 Å². The normalized spacial score (nSPS) is 28.8. The van der Waals surface area contributed by atoms with Crippen LogP contribution in [0, 0.1) is 5.92 Å². The fraction of sp³-hybridized carbons (Fsp3) is 0.900. The predicted octanol–water partition coefficient (Wildman–Crippen LogP) is 0.267. The van der Waals surface area contributed by atoms with Crippen molar-refractivity contribution in [1.29, 1.82) is 0 Å². The van der Waals surface area contributed by atoms with Gasteiger partial charge < -0.3 is 15.8 Å². The molecule has 4 nitrogen and oxygen atoms in total. The zero-order valence-corrected chi connectivity index (χ0v) is 9.01. The molecule has 0 aromatic rings. The molecule has 1 amide bonds. The third-order valence-electron chi connectivity index (χ3n) is 2.71. The van der Waals surface area contributed by atoms with Gasteiger partial charge in [0.2, 0.25) is 0 Å². The van der Waals surface area contributed by atoms with Crippen molar-refractivity contribution in [3.05, 3.63) is 0 Å². The molecule has 1 rings (SSSR count). The van der Waals surface area contributed by atoms with E-state index >= 15 is 0 Å². The van der Waals surface area contributed by atoms with Crippen molar-refractivity contribution in [3.8, 4) is 0 Å². The molecule has 0 radical (unpaired) electrons. The second kappa shape index (κ2) is 4.75. The lowest BCUT2D eigenvalue weighted by molar-refractivity contribution is -0.139. The van der Waals surface area contributed by atoms with Crippen molar-refractivity contribution in [2.45, 2.75) is 32.3 Å². The first-order chi connectivity index (χ1) is 6.58. The SMILES string of the molecule is CC(CN)CNC(=O)C1(C)CCCO1. The molecule has 0 saturated carbocycles. The minimum Gasteiger partial charge on any atom is -0.365 e. The molecule has 1 aliphatic rings. The first-order valence-electron chi connectivity index (χ1n) is 5.21. The first kappa shape index (κ1) is 11.5. The Bertz CT molecular complexity index is 200. The van der Waals surface area contributed by atoms with E-state index in [4.69, 9.17) is 10.5 Å². The molecule has 0 aliphatic carbocycles. The highest BCUT2D eigenvalue weighted by Gasteiger charge is 2.37. The standard InChI is InChI=1S/C10H20N2O2/c1-8(6-11)7-12-9(13)10(2)4-3-5-14-10/h8H,3-7,11H2,1-2H3,(H,12,13). The van der Waals surface area contributed by atoms with Gasteiger partial charge in [-0.25, -0.2) is 0 Å². The molecule has 2 unspecified atom stereocenters. The number of hydrogen-bond acceptors (Lipinski definition) is 3. The highest BCUT2D eigenvalue weighted by Crippen LogP contribution is 2.24. The molecule has 4 heteroatoms. The molecule has 82 valence electrons. The van der Waals surface area contributed by atoms with Gasteiger partial charge in [0, 0.05) is 13.2 Å². The van der Waals surface area contributed by atoms with Crippen molar-refractivity contribution in [1.82, 2.24) is 5.32 Å². The van der Waals surface area contributed by atoms with Crippen LogP contribution in [0.1, 0.15) is 26.7 Å². The van der Waals surface area contributed by atoms with E-state index in [1.807, 2.05) is 13.8 Å². The van der Waals surface area contributed by atoms with E-state index in [1.54, 1.807) is 0 Å². The Morgan fingerprint density at radius 3 is 2.93 bits per heavy atom. The molecule has 1 heterocycles. The Morgan fingerprint density at radius 2 is 2.43 bits per heavy atom. The van der Waals surface area contributed by atoms with E-state index in [0.29, 0.717) is 25.6 Å². The number of rotatable bonds is 4. The van der Waals surface area contributed by atoms with Gasteiger partial charge in [0.25, 0.3) is 5.91 Å². The zero-order chi connectivity index (χ0) is 10.6. The number of ether oxygens (including phenoxy) is 1. The monoisotopic (exact) mass is 200 g/mol. The maximum atomic E-state index is 11.7. The maximum absolute atomic E-state index is 11.7. The number of carbonyl (C=O) groups excluding carboxylic acids is 1. The molecule has 0 spiro atoms. The molecule has 0 aromatic carbocycles. The highest BCUT2D eigenvalue weighted by molar-refractivity contribution is 5.84. The van der Waals surface area contributed by atoms with E-state index in [2.05, 4.69) is 5.32 Å². The topological polar surface area (TPSA) is 64.3 Å². The molecule has 1 saturated heterocycles. The number of carbonyl (C=O) groups is 1. The number of nitrogens with two attached hydrogens (primary N) is 1. The van der Waals surface area contributed by atoms with E-state index in [-0.39, 0.29) is 5.91 Å². The van der Waals surface area contributed by atoms with Gasteiger partial charge >= 0.3 is 0 Å². The molecular weight excluding hydrogens is 180 g/mol. The predicted molar refractivity (Wildman–Crippen MR) is 54.8 cm³/mol. The summed E-state index contributed by atoms with van der Waals surface area (Å²) in [6.45, 7) is 5.78. The van der Waals surface area contributed by atoms with Crippen LogP contribution >= 0.6 is 0 Å². The van der Waals surface area contributed by atoms with Gasteiger partial charge in [-0.15, -0.1) is 0 Å². The number of hydrogen-bond donors (Lipinski definition) is 2. The van der Waals surface area contributed by atoms with E-state index < -0.39 is 5.60 Å². The highest BCUT2D eigenvalue weighted by atomic mass is 16.5. The molecule has 14 heavy (non-hydrogen) atoms. The van der Waals surface area contributed by atoms with Crippen molar-refractivity contribution in [3.63, 3.8) is 0 Å². The minimum atomic E-state index is -0.603. The molecule has 0 bridgehead atoms. The van der Waals surface area contributed by atoms with Gasteiger partial charge in [0.15, 0.2) is 0 Å². The second-order valence-electron chi connectivity index (χ2n) is 4.23. The van der Waals surface area contributed by atoms with Crippen molar-refractivity contribution >= 4 is 5.91 Å². The molecule has 1 aliphatic heterocycles. The summed E-state index contributed by atoms with van der Waals surface area (Å²) in [6.07, 6.45) is 1.78. The maximum Gasteiger partial charge on any atom is 0.251 e. The minimum absolute atomic E-state index is 0.00435. The fourth-order valence-electron chi connectivity index (χ4n) is 1.50. The molecule has 0 aromatic heterocycles. The van der Waals surface area contributed by atoms with Crippen molar-refractivity contribution < 1.29 is 9.53 Å². The third kappa shape index (κ3) is 2.69. The van der Waals surface area contributed by atoms with Gasteiger partial charge in [-0.1, -0.05) is 6.92 Å². The molecular formula is C10H20N2O2. The van der Waals surface area contributed by atoms with Crippen LogP contribution < -0.4 is 11.1 Å². The van der Waals surface area contributed by atoms with Crippen molar-refractivity contribution in [2.75, 3.05) is 19.7 Å². The summed E-state index contributed by atoms with van der Waals surface area (Å²) in [5.41, 5.74) is 4.86. The summed E-state index contributed by atoms with van der Waals surface area (Å²) >= 11 is 0. The molecule has 3 N–H and O–H groups in total. The van der Waals surface area contributed by atoms with Gasteiger partial charge in [0.05, 0.1) is 0 Å². The summed E-state index contributed by atoms with van der Waals surface area (Å²) in [4.78, 5) is 11.7. The van der Waals surface area contributed by atoms with Gasteiger partial charge in [-0.3, -0.25) is 4.79 Å². The van der Waals surface area contributed by atoms with Crippen LogP contribution in [0.3, 0.4) is 0 Å². The average Bonchev–Trinajstić information content (AvgIpc) is 2.62. The Hall–Kier alpha value is -0.610. The summed E-state index contributed by atoms with van der Waals surface area (Å²) in [7, 11) is 0. The first-order valence-corrected chi connectivity index (χ1v) is 5.21. The number of nitrogens with one attached hydrogen (secondary N) is 1. The summed E-state index contributed by atoms with van der Waals surface area (Å²) < 4.78 is 5.42. The van der Waals surface area contributed by atoms with Crippen LogP contribution in [0.4, 0.5) is 0 Å². The smallest absolute Gasteiger partial charge is 0.251 e. The van der Waals surface area contributed by atoms with Crippen LogP contribution in [0.25, 0.3) is 0 Å². The van der Waals surface area contributed by atoms with Crippen LogP contribution in [0.5, 0.6) is 0 Å². The molecule has 2 atom stereocenters. The van der Waals surface area contributed by atoms with E-state index in [9.17, 15) is 4.79 Å². The largest absolute Gasteiger partial charge is 0.365 e. The van der Waals surface area contributed by atoms with Crippen LogP contribution in [0.2, 0.25) is 0 Å². The second-order valence-corrected chi connectivity index (χ2v) is 4.23. The summed E-state index contributed by atoms with van der Waals surface area (Å²) in [6, 6.07) is 0. The van der Waals surface area contributed by atoms with E-state index in [1.165, 1.54) is 0 Å². The average molecular weight is 200 g/mol. The lowest BCUT2D eigenvalue weighted by Crippen LogP contribution is -2.45. The Morgan fingerprint density at radius 1 is 1.71 bits per heavy atom. The van der Waals surface area contributed by atoms with E-state index in [0.717, 1.165) is 12.8 Å². The fourth-order valence-corrected chi connectivity index (χ4v) is 1.50. The lowest BCUT2D eigenvalue weighted by atomic mass is 10.0. The Kier molecular flexibility index (Phi) is 3.89. The Balaban J connectivity index is 2.34. The molecule has 1 fully saturated rings. The van der Waals surface area contributed by atoms with Crippen LogP contribution in [-0.4, -0.2) is 31.2 Å². The Labute approximate surface area is 85.2 Å². The van der Waals surface area contributed by atoms with Gasteiger partial charge in [-0.05, 0) is 32.2 Å². The van der Waals surface area contributed by atoms with Crippen LogP contribution in [0.15, 0.2) is 0 Å². The zero-order valence-electron chi connectivity index (χ0n) is 9.01. The summed E-state index contributed by atoms with van der Waals surface area (Å²) in [5.74, 6) is 0.319. The van der Waals surface area contributed by atoms with Crippen molar-refractivity contribution in [2.24, 2.45) is 11.7 Å². The van der Waals surface area contributed by atoms with Gasteiger partial charge in [0.1, 0.15) is 5.60 Å². The summed E-state index contributed by atoms with van der Waals surface area (Å²) in [5, 5.41) is 2.87. The quantitative estimate of drug-likeness (QED) is 0.684. The third-order valence-corrected chi connectivity index (χ3v) is 2.71. The lowest BCUT2D eigenvalue weighted by Gasteiger charge is -2.22.